The number of benzene rings is 1. The van der Waals surface area contributed by atoms with Crippen molar-refractivity contribution in [2.75, 3.05) is 11.5 Å². The van der Waals surface area contributed by atoms with Gasteiger partial charge in [-0.05, 0) is 51.1 Å². The predicted octanol–water partition coefficient (Wildman–Crippen LogP) is 2.48. The monoisotopic (exact) mass is 327 g/mol. The van der Waals surface area contributed by atoms with Gasteiger partial charge in [-0.15, -0.1) is 0 Å². The molecule has 3 rings (SSSR count). The zero-order valence-corrected chi connectivity index (χ0v) is 14.2. The van der Waals surface area contributed by atoms with E-state index >= 15 is 0 Å². The number of nitrogens with zero attached hydrogens (tertiary/aromatic N) is 3. The van der Waals surface area contributed by atoms with E-state index in [1.54, 1.807) is 28.9 Å². The molecule has 0 saturated carbocycles. The number of carbonyl (C=O) groups excluding carboxylic acids is 2. The van der Waals surface area contributed by atoms with Crippen molar-refractivity contribution in [3.63, 3.8) is 0 Å². The quantitative estimate of drug-likeness (QED) is 0.792. The molecule has 24 heavy (non-hydrogen) atoms. The van der Waals surface area contributed by atoms with Gasteiger partial charge >= 0.3 is 0 Å². The average Bonchev–Trinajstić information content (AvgIpc) is 3.00. The molecule has 1 aromatic carbocycles. The van der Waals surface area contributed by atoms with Crippen molar-refractivity contribution in [1.82, 2.24) is 9.78 Å². The van der Waals surface area contributed by atoms with Gasteiger partial charge in [0.05, 0.1) is 30.5 Å². The summed E-state index contributed by atoms with van der Waals surface area (Å²) in [6, 6.07) is 8.99. The number of rotatable bonds is 5. The molecular weight excluding hydrogens is 306 g/mol. The van der Waals surface area contributed by atoms with Crippen LogP contribution in [-0.4, -0.2) is 28.2 Å². The summed E-state index contributed by atoms with van der Waals surface area (Å²) < 4.78 is 7.19. The van der Waals surface area contributed by atoms with E-state index in [0.29, 0.717) is 18.8 Å². The zero-order chi connectivity index (χ0) is 17.3. The van der Waals surface area contributed by atoms with Gasteiger partial charge in [-0.1, -0.05) is 0 Å². The van der Waals surface area contributed by atoms with E-state index in [1.807, 2.05) is 26.8 Å². The number of amides is 2. The molecule has 0 bridgehead atoms. The van der Waals surface area contributed by atoms with Gasteiger partial charge in [0.1, 0.15) is 5.75 Å². The lowest BCUT2D eigenvalue weighted by Crippen LogP contribution is -2.31. The van der Waals surface area contributed by atoms with Crippen LogP contribution in [0.25, 0.3) is 0 Å². The molecule has 0 aliphatic carbocycles. The Kier molecular flexibility index (Phi) is 4.38. The highest BCUT2D eigenvalue weighted by atomic mass is 16.5. The van der Waals surface area contributed by atoms with Gasteiger partial charge in [-0.25, -0.2) is 0 Å². The molecule has 1 atom stereocenters. The topological polar surface area (TPSA) is 64.4 Å². The highest BCUT2D eigenvalue weighted by molar-refractivity contribution is 6.20. The Labute approximate surface area is 141 Å². The zero-order valence-electron chi connectivity index (χ0n) is 14.2. The summed E-state index contributed by atoms with van der Waals surface area (Å²) in [5.41, 5.74) is 2.49. The lowest BCUT2D eigenvalue weighted by Gasteiger charge is -2.16. The standard InChI is InChI=1S/C18H21N3O3/c1-4-24-16-7-5-15(6-8-16)21-17(22)10-14(18(21)23)11-20-13(3)9-12(2)19-20/h5-9,14H,4,10-11H2,1-3H3/t14-/m1/s1. The lowest BCUT2D eigenvalue weighted by molar-refractivity contribution is -0.122. The van der Waals surface area contributed by atoms with Gasteiger partial charge in [-0.2, -0.15) is 5.10 Å². The first kappa shape index (κ1) is 16.2. The molecule has 2 amide bonds. The van der Waals surface area contributed by atoms with Crippen molar-refractivity contribution in [3.05, 3.63) is 41.7 Å². The third kappa shape index (κ3) is 3.04. The van der Waals surface area contributed by atoms with Crippen molar-refractivity contribution >= 4 is 17.5 Å². The lowest BCUT2D eigenvalue weighted by atomic mass is 10.1. The third-order valence-electron chi connectivity index (χ3n) is 4.14. The average molecular weight is 327 g/mol. The molecule has 0 N–H and O–H groups in total. The number of hydrogen-bond donors (Lipinski definition) is 0. The molecule has 6 nitrogen and oxygen atoms in total. The number of aromatic nitrogens is 2. The maximum absolute atomic E-state index is 12.7. The number of hydrogen-bond acceptors (Lipinski definition) is 4. The summed E-state index contributed by atoms with van der Waals surface area (Å²) in [5, 5.41) is 4.38. The largest absolute Gasteiger partial charge is 0.494 e. The molecule has 1 aliphatic heterocycles. The summed E-state index contributed by atoms with van der Waals surface area (Å²) in [5.74, 6) is 0.00834. The summed E-state index contributed by atoms with van der Waals surface area (Å²) in [4.78, 5) is 26.3. The molecule has 0 unspecified atom stereocenters. The van der Waals surface area contributed by atoms with Crippen molar-refractivity contribution < 1.29 is 14.3 Å². The minimum Gasteiger partial charge on any atom is -0.494 e. The van der Waals surface area contributed by atoms with E-state index in [-0.39, 0.29) is 24.2 Å². The summed E-state index contributed by atoms with van der Waals surface area (Å²) >= 11 is 0. The molecule has 6 heteroatoms. The maximum atomic E-state index is 12.7. The van der Waals surface area contributed by atoms with Crippen LogP contribution in [0.1, 0.15) is 24.7 Å². The second-order valence-corrected chi connectivity index (χ2v) is 6.00. The summed E-state index contributed by atoms with van der Waals surface area (Å²) in [7, 11) is 0. The number of ether oxygens (including phenoxy) is 1. The Morgan fingerprint density at radius 3 is 2.50 bits per heavy atom. The summed E-state index contributed by atoms with van der Waals surface area (Å²) in [6.07, 6.45) is 0.213. The first-order valence-corrected chi connectivity index (χ1v) is 8.10. The predicted molar refractivity (Wildman–Crippen MR) is 89.9 cm³/mol. The molecule has 2 heterocycles. The van der Waals surface area contributed by atoms with Crippen LogP contribution in [0.4, 0.5) is 5.69 Å². The highest BCUT2D eigenvalue weighted by Crippen LogP contribution is 2.29. The van der Waals surface area contributed by atoms with Crippen LogP contribution in [0.15, 0.2) is 30.3 Å². The first-order chi connectivity index (χ1) is 11.5. The minimum absolute atomic E-state index is 0.170. The number of imide groups is 1. The fourth-order valence-electron chi connectivity index (χ4n) is 3.04. The normalized spacial score (nSPS) is 17.6. The smallest absolute Gasteiger partial charge is 0.239 e. The molecule has 2 aromatic rings. The van der Waals surface area contributed by atoms with Crippen LogP contribution in [0, 0.1) is 19.8 Å². The third-order valence-corrected chi connectivity index (χ3v) is 4.14. The SMILES string of the molecule is CCOc1ccc(N2C(=O)C[C@H](Cn3nc(C)cc3C)C2=O)cc1. The second-order valence-electron chi connectivity index (χ2n) is 6.00. The van der Waals surface area contributed by atoms with Crippen LogP contribution in [0.3, 0.4) is 0 Å². The molecule has 0 spiro atoms. The van der Waals surface area contributed by atoms with Gasteiger partial charge in [0.15, 0.2) is 0 Å². The van der Waals surface area contributed by atoms with Crippen molar-refractivity contribution in [3.8, 4) is 5.75 Å². The fraction of sp³-hybridized carbons (Fsp3) is 0.389. The van der Waals surface area contributed by atoms with Gasteiger partial charge in [0, 0.05) is 12.1 Å². The van der Waals surface area contributed by atoms with Gasteiger partial charge in [-0.3, -0.25) is 19.2 Å². The van der Waals surface area contributed by atoms with Crippen molar-refractivity contribution in [2.24, 2.45) is 5.92 Å². The van der Waals surface area contributed by atoms with Crippen molar-refractivity contribution in [1.29, 1.82) is 0 Å². The van der Waals surface area contributed by atoms with E-state index in [1.165, 1.54) is 4.90 Å². The Bertz CT molecular complexity index is 764. The molecule has 1 saturated heterocycles. The Morgan fingerprint density at radius 2 is 1.92 bits per heavy atom. The van der Waals surface area contributed by atoms with Gasteiger partial charge in [0.25, 0.3) is 0 Å². The van der Waals surface area contributed by atoms with E-state index < -0.39 is 0 Å². The first-order valence-electron chi connectivity index (χ1n) is 8.10. The number of aryl methyl sites for hydroxylation is 2. The molecular formula is C18H21N3O3. The summed E-state index contributed by atoms with van der Waals surface area (Å²) in [6.45, 7) is 6.78. The number of carbonyl (C=O) groups is 2. The molecule has 0 radical (unpaired) electrons. The highest BCUT2D eigenvalue weighted by Gasteiger charge is 2.39. The Hall–Kier alpha value is -2.63. The maximum Gasteiger partial charge on any atom is 0.239 e. The molecule has 1 fully saturated rings. The molecule has 1 aromatic heterocycles. The van der Waals surface area contributed by atoms with Crippen LogP contribution in [-0.2, 0) is 16.1 Å². The van der Waals surface area contributed by atoms with Crippen molar-refractivity contribution in [2.45, 2.75) is 33.7 Å². The number of anilines is 1. The van der Waals surface area contributed by atoms with E-state index in [9.17, 15) is 9.59 Å². The van der Waals surface area contributed by atoms with Crippen LogP contribution in [0.5, 0.6) is 5.75 Å². The van der Waals surface area contributed by atoms with Crippen LogP contribution in [0.2, 0.25) is 0 Å². The fourth-order valence-corrected chi connectivity index (χ4v) is 3.04. The molecule has 126 valence electrons. The van der Waals surface area contributed by atoms with Crippen LogP contribution < -0.4 is 9.64 Å². The van der Waals surface area contributed by atoms with Gasteiger partial charge in [0.2, 0.25) is 11.8 Å². The minimum atomic E-state index is -0.373. The Balaban J connectivity index is 1.77. The van der Waals surface area contributed by atoms with E-state index in [0.717, 1.165) is 17.1 Å². The van der Waals surface area contributed by atoms with E-state index in [2.05, 4.69) is 5.10 Å². The Morgan fingerprint density at radius 1 is 1.21 bits per heavy atom. The second kappa shape index (κ2) is 6.47. The molecule has 1 aliphatic rings. The van der Waals surface area contributed by atoms with Crippen LogP contribution >= 0.6 is 0 Å². The van der Waals surface area contributed by atoms with Gasteiger partial charge < -0.3 is 4.74 Å². The van der Waals surface area contributed by atoms with E-state index in [4.69, 9.17) is 4.74 Å².